The summed E-state index contributed by atoms with van der Waals surface area (Å²) >= 11 is 0. The highest BCUT2D eigenvalue weighted by Gasteiger charge is 2.15. The maximum Gasteiger partial charge on any atom is 0.141 e. The predicted octanol–water partition coefficient (Wildman–Crippen LogP) is 3.86. The van der Waals surface area contributed by atoms with Gasteiger partial charge in [-0.15, -0.1) is 0 Å². The third-order valence-corrected chi connectivity index (χ3v) is 3.57. The van der Waals surface area contributed by atoms with E-state index >= 15 is 0 Å². The lowest BCUT2D eigenvalue weighted by molar-refractivity contribution is 0.893. The molecule has 1 aromatic carbocycles. The van der Waals surface area contributed by atoms with E-state index in [0.29, 0.717) is 0 Å². The van der Waals surface area contributed by atoms with Crippen LogP contribution in [-0.4, -0.2) is 24.1 Å². The maximum atomic E-state index is 4.52. The molecule has 0 aliphatic heterocycles. The molecule has 4 nitrogen and oxygen atoms in total. The quantitative estimate of drug-likeness (QED) is 0.905. The van der Waals surface area contributed by atoms with E-state index in [4.69, 9.17) is 0 Å². The van der Waals surface area contributed by atoms with E-state index in [9.17, 15) is 0 Å². The maximum absolute atomic E-state index is 4.52. The zero-order chi connectivity index (χ0) is 15.4. The molecule has 21 heavy (non-hydrogen) atoms. The Labute approximate surface area is 127 Å². The Morgan fingerprint density at radius 2 is 1.76 bits per heavy atom. The summed E-state index contributed by atoms with van der Waals surface area (Å²) < 4.78 is 0. The highest BCUT2D eigenvalue weighted by atomic mass is 15.2. The van der Waals surface area contributed by atoms with Gasteiger partial charge in [-0.2, -0.15) is 0 Å². The first-order chi connectivity index (χ1) is 10.1. The van der Waals surface area contributed by atoms with Gasteiger partial charge in [-0.1, -0.05) is 19.4 Å². The van der Waals surface area contributed by atoms with Crippen LogP contribution in [-0.2, 0) is 6.42 Å². The van der Waals surface area contributed by atoms with Gasteiger partial charge in [0.2, 0.25) is 0 Å². The normalized spacial score (nSPS) is 10.5. The van der Waals surface area contributed by atoms with Gasteiger partial charge in [-0.05, 0) is 43.5 Å². The molecule has 0 fully saturated rings. The van der Waals surface area contributed by atoms with Gasteiger partial charge in [-0.25, -0.2) is 9.97 Å². The first-order valence-corrected chi connectivity index (χ1v) is 7.40. The van der Waals surface area contributed by atoms with Gasteiger partial charge in [0.25, 0.3) is 0 Å². The number of benzene rings is 1. The molecule has 0 bridgehead atoms. The molecule has 1 aromatic heterocycles. The lowest BCUT2D eigenvalue weighted by Gasteiger charge is -2.23. The van der Waals surface area contributed by atoms with Crippen molar-refractivity contribution in [1.82, 2.24) is 9.97 Å². The van der Waals surface area contributed by atoms with Gasteiger partial charge in [0, 0.05) is 25.3 Å². The molecule has 0 spiro atoms. The van der Waals surface area contributed by atoms with Crippen LogP contribution in [0.15, 0.2) is 24.5 Å². The summed E-state index contributed by atoms with van der Waals surface area (Å²) in [6.07, 6.45) is 3.65. The van der Waals surface area contributed by atoms with Crippen molar-refractivity contribution >= 4 is 17.3 Å². The highest BCUT2D eigenvalue weighted by molar-refractivity contribution is 5.67. The van der Waals surface area contributed by atoms with Crippen LogP contribution in [0.4, 0.5) is 17.3 Å². The Bertz CT molecular complexity index is 602. The van der Waals surface area contributed by atoms with Crippen molar-refractivity contribution < 1.29 is 0 Å². The first-order valence-electron chi connectivity index (χ1n) is 7.40. The number of anilines is 3. The summed E-state index contributed by atoms with van der Waals surface area (Å²) in [5.41, 5.74) is 4.85. The average molecular weight is 284 g/mol. The van der Waals surface area contributed by atoms with Gasteiger partial charge >= 0.3 is 0 Å². The third-order valence-electron chi connectivity index (χ3n) is 3.57. The molecule has 0 amide bonds. The number of aromatic nitrogens is 2. The van der Waals surface area contributed by atoms with Crippen molar-refractivity contribution in [2.45, 2.75) is 33.6 Å². The lowest BCUT2D eigenvalue weighted by Crippen LogP contribution is -2.16. The molecule has 2 aromatic rings. The number of nitrogens with one attached hydrogen (secondary N) is 1. The van der Waals surface area contributed by atoms with Gasteiger partial charge in [-0.3, -0.25) is 0 Å². The molecule has 0 saturated carbocycles. The Kier molecular flexibility index (Phi) is 4.78. The number of rotatable bonds is 5. The van der Waals surface area contributed by atoms with Crippen molar-refractivity contribution in [2.75, 3.05) is 24.3 Å². The Balaban J connectivity index is 2.49. The average Bonchev–Trinajstić information content (AvgIpc) is 2.46. The van der Waals surface area contributed by atoms with E-state index in [0.717, 1.165) is 30.2 Å². The van der Waals surface area contributed by atoms with E-state index in [-0.39, 0.29) is 0 Å². The van der Waals surface area contributed by atoms with Crippen molar-refractivity contribution in [1.29, 1.82) is 0 Å². The Hall–Kier alpha value is -2.10. The van der Waals surface area contributed by atoms with Crippen molar-refractivity contribution in [2.24, 2.45) is 0 Å². The second-order valence-corrected chi connectivity index (χ2v) is 5.43. The van der Waals surface area contributed by atoms with Gasteiger partial charge < -0.3 is 10.2 Å². The van der Waals surface area contributed by atoms with Crippen LogP contribution in [0.1, 0.15) is 30.0 Å². The van der Waals surface area contributed by atoms with Crippen LogP contribution >= 0.6 is 0 Å². The Morgan fingerprint density at radius 3 is 2.33 bits per heavy atom. The first kappa shape index (κ1) is 15.3. The van der Waals surface area contributed by atoms with Crippen LogP contribution in [0.5, 0.6) is 0 Å². The molecule has 0 aliphatic rings. The summed E-state index contributed by atoms with van der Waals surface area (Å²) in [5, 5.41) is 3.17. The second kappa shape index (κ2) is 6.57. The standard InChI is InChI=1S/C17H24N4/c1-6-7-15-16(18-4)19-11-20-17(15)21(5)14-9-12(2)8-13(3)10-14/h8-11H,6-7H2,1-5H3,(H,18,19,20). The van der Waals surface area contributed by atoms with Gasteiger partial charge in [0.05, 0.1) is 0 Å². The van der Waals surface area contributed by atoms with E-state index in [1.165, 1.54) is 16.7 Å². The van der Waals surface area contributed by atoms with Crippen molar-refractivity contribution in [3.05, 3.63) is 41.2 Å². The fraction of sp³-hybridized carbons (Fsp3) is 0.412. The highest BCUT2D eigenvalue weighted by Crippen LogP contribution is 2.30. The molecule has 0 radical (unpaired) electrons. The number of nitrogens with zero attached hydrogens (tertiary/aromatic N) is 3. The number of hydrogen-bond donors (Lipinski definition) is 1. The van der Waals surface area contributed by atoms with Crippen molar-refractivity contribution in [3.63, 3.8) is 0 Å². The van der Waals surface area contributed by atoms with E-state index < -0.39 is 0 Å². The summed E-state index contributed by atoms with van der Waals surface area (Å²) in [7, 11) is 3.97. The van der Waals surface area contributed by atoms with E-state index in [1.54, 1.807) is 6.33 Å². The molecule has 4 heteroatoms. The molecule has 112 valence electrons. The zero-order valence-electron chi connectivity index (χ0n) is 13.6. The summed E-state index contributed by atoms with van der Waals surface area (Å²) in [6, 6.07) is 6.55. The largest absolute Gasteiger partial charge is 0.373 e. The number of aryl methyl sites for hydroxylation is 2. The fourth-order valence-corrected chi connectivity index (χ4v) is 2.65. The number of hydrogen-bond acceptors (Lipinski definition) is 4. The minimum atomic E-state index is 0.915. The van der Waals surface area contributed by atoms with Gasteiger partial charge in [0.1, 0.15) is 18.0 Å². The summed E-state index contributed by atoms with van der Waals surface area (Å²) in [6.45, 7) is 6.42. The molecule has 0 unspecified atom stereocenters. The molecular formula is C17H24N4. The van der Waals surface area contributed by atoms with Crippen LogP contribution < -0.4 is 10.2 Å². The SMILES string of the molecule is CCCc1c(NC)ncnc1N(C)c1cc(C)cc(C)c1. The van der Waals surface area contributed by atoms with E-state index in [1.807, 2.05) is 7.05 Å². The Morgan fingerprint density at radius 1 is 1.10 bits per heavy atom. The third kappa shape index (κ3) is 3.32. The van der Waals surface area contributed by atoms with Crippen LogP contribution in [0, 0.1) is 13.8 Å². The van der Waals surface area contributed by atoms with Crippen LogP contribution in [0.3, 0.4) is 0 Å². The van der Waals surface area contributed by atoms with Crippen LogP contribution in [0.25, 0.3) is 0 Å². The van der Waals surface area contributed by atoms with Crippen molar-refractivity contribution in [3.8, 4) is 0 Å². The minimum absolute atomic E-state index is 0.915. The van der Waals surface area contributed by atoms with E-state index in [2.05, 4.69) is 66.2 Å². The molecule has 0 aliphatic carbocycles. The topological polar surface area (TPSA) is 41.1 Å². The molecule has 1 heterocycles. The molecule has 2 rings (SSSR count). The zero-order valence-corrected chi connectivity index (χ0v) is 13.6. The monoisotopic (exact) mass is 284 g/mol. The molecule has 0 saturated heterocycles. The lowest BCUT2D eigenvalue weighted by atomic mass is 10.1. The molecule has 1 N–H and O–H groups in total. The predicted molar refractivity (Wildman–Crippen MR) is 89.6 cm³/mol. The smallest absolute Gasteiger partial charge is 0.141 e. The fourth-order valence-electron chi connectivity index (χ4n) is 2.65. The summed E-state index contributed by atoms with van der Waals surface area (Å²) in [5.74, 6) is 1.89. The summed E-state index contributed by atoms with van der Waals surface area (Å²) in [4.78, 5) is 11.0. The van der Waals surface area contributed by atoms with Crippen LogP contribution in [0.2, 0.25) is 0 Å². The molecule has 0 atom stereocenters. The van der Waals surface area contributed by atoms with Gasteiger partial charge in [0.15, 0.2) is 0 Å². The molecular weight excluding hydrogens is 260 g/mol. The minimum Gasteiger partial charge on any atom is -0.373 e. The second-order valence-electron chi connectivity index (χ2n) is 5.43.